The average molecular weight is 129 g/mol. The van der Waals surface area contributed by atoms with Crippen LogP contribution in [-0.2, 0) is 0 Å². The predicted molar refractivity (Wildman–Crippen MR) is 38.9 cm³/mol. The first-order chi connectivity index (χ1) is 4.18. The highest BCUT2D eigenvalue weighted by molar-refractivity contribution is 5.82. The van der Waals surface area contributed by atoms with E-state index in [2.05, 4.69) is 6.92 Å². The van der Waals surface area contributed by atoms with E-state index >= 15 is 0 Å². The van der Waals surface area contributed by atoms with Crippen molar-refractivity contribution in [1.82, 2.24) is 0 Å². The van der Waals surface area contributed by atoms with Gasteiger partial charge in [-0.15, -0.1) is 0 Å². The van der Waals surface area contributed by atoms with Crippen LogP contribution in [-0.4, -0.2) is 16.9 Å². The first kappa shape index (κ1) is 8.63. The Morgan fingerprint density at radius 3 is 2.56 bits per heavy atom. The van der Waals surface area contributed by atoms with Crippen LogP contribution in [0.3, 0.4) is 0 Å². The number of rotatable bonds is 4. The molecule has 0 heterocycles. The van der Waals surface area contributed by atoms with Gasteiger partial charge in [0.15, 0.2) is 0 Å². The van der Waals surface area contributed by atoms with Crippen molar-refractivity contribution in [3.05, 3.63) is 0 Å². The van der Waals surface area contributed by atoms with Crippen LogP contribution >= 0.6 is 0 Å². The minimum absolute atomic E-state index is 0.378. The van der Waals surface area contributed by atoms with Gasteiger partial charge in [-0.2, -0.15) is 0 Å². The van der Waals surface area contributed by atoms with Crippen molar-refractivity contribution in [3.63, 3.8) is 0 Å². The Bertz CT molecular complexity index is 90.9. The van der Waals surface area contributed by atoms with Crippen molar-refractivity contribution >= 4 is 5.71 Å². The fraction of sp³-hybridized carbons (Fsp3) is 0.857. The van der Waals surface area contributed by atoms with Gasteiger partial charge in [-0.1, -0.05) is 19.8 Å². The second kappa shape index (κ2) is 4.50. The Hall–Kier alpha value is -0.370. The van der Waals surface area contributed by atoms with Gasteiger partial charge in [-0.25, -0.2) is 0 Å². The Morgan fingerprint density at radius 1 is 1.67 bits per heavy atom. The van der Waals surface area contributed by atoms with E-state index in [1.54, 1.807) is 6.92 Å². The van der Waals surface area contributed by atoms with Crippen molar-refractivity contribution in [3.8, 4) is 0 Å². The zero-order chi connectivity index (χ0) is 7.28. The SMILES string of the molecule is CCCCC(O)C(C)=N. The number of unbranched alkanes of at least 4 members (excludes halogenated alkanes) is 1. The summed E-state index contributed by atoms with van der Waals surface area (Å²) in [6, 6.07) is 0. The fourth-order valence-corrected chi connectivity index (χ4v) is 0.614. The summed E-state index contributed by atoms with van der Waals surface area (Å²) in [5, 5.41) is 16.1. The zero-order valence-corrected chi connectivity index (χ0v) is 6.15. The van der Waals surface area contributed by atoms with Crippen LogP contribution in [0.4, 0.5) is 0 Å². The third kappa shape index (κ3) is 4.15. The lowest BCUT2D eigenvalue weighted by atomic mass is 10.1. The molecular formula is C7H15NO. The van der Waals surface area contributed by atoms with Crippen LogP contribution in [0.2, 0.25) is 0 Å². The van der Waals surface area contributed by atoms with Crippen molar-refractivity contribution < 1.29 is 5.11 Å². The van der Waals surface area contributed by atoms with Gasteiger partial charge in [-0.3, -0.25) is 0 Å². The van der Waals surface area contributed by atoms with Gasteiger partial charge in [0, 0.05) is 5.71 Å². The molecular weight excluding hydrogens is 114 g/mol. The molecule has 0 rings (SSSR count). The topological polar surface area (TPSA) is 44.1 Å². The molecule has 0 saturated heterocycles. The van der Waals surface area contributed by atoms with Gasteiger partial charge >= 0.3 is 0 Å². The number of hydrogen-bond acceptors (Lipinski definition) is 2. The molecule has 0 aliphatic heterocycles. The summed E-state index contributed by atoms with van der Waals surface area (Å²) < 4.78 is 0. The quantitative estimate of drug-likeness (QED) is 0.556. The third-order valence-corrected chi connectivity index (χ3v) is 1.33. The Labute approximate surface area is 56.4 Å². The van der Waals surface area contributed by atoms with Gasteiger partial charge in [0.25, 0.3) is 0 Å². The van der Waals surface area contributed by atoms with E-state index in [9.17, 15) is 0 Å². The van der Waals surface area contributed by atoms with Gasteiger partial charge in [0.05, 0.1) is 6.10 Å². The van der Waals surface area contributed by atoms with Gasteiger partial charge in [-0.05, 0) is 13.3 Å². The summed E-state index contributed by atoms with van der Waals surface area (Å²) in [6.07, 6.45) is 2.35. The molecule has 2 N–H and O–H groups in total. The number of nitrogens with one attached hydrogen (secondary N) is 1. The lowest BCUT2D eigenvalue weighted by Gasteiger charge is -2.05. The first-order valence-corrected chi connectivity index (χ1v) is 3.41. The maximum atomic E-state index is 9.03. The van der Waals surface area contributed by atoms with E-state index in [-0.39, 0.29) is 0 Å². The maximum absolute atomic E-state index is 9.03. The van der Waals surface area contributed by atoms with Crippen LogP contribution in [0.5, 0.6) is 0 Å². The summed E-state index contributed by atoms with van der Waals surface area (Å²) >= 11 is 0. The van der Waals surface area contributed by atoms with E-state index < -0.39 is 6.10 Å². The van der Waals surface area contributed by atoms with Crippen LogP contribution in [0, 0.1) is 5.41 Å². The van der Waals surface area contributed by atoms with Crippen LogP contribution in [0.15, 0.2) is 0 Å². The fourth-order valence-electron chi connectivity index (χ4n) is 0.614. The summed E-state index contributed by atoms with van der Waals surface area (Å²) in [6.45, 7) is 3.71. The minimum Gasteiger partial charge on any atom is -0.387 e. The smallest absolute Gasteiger partial charge is 0.0911 e. The molecule has 0 aromatic carbocycles. The Morgan fingerprint density at radius 2 is 2.22 bits per heavy atom. The minimum atomic E-state index is -0.495. The lowest BCUT2D eigenvalue weighted by Crippen LogP contribution is -2.15. The number of hydrogen-bond donors (Lipinski definition) is 2. The molecule has 0 spiro atoms. The number of aliphatic hydroxyl groups excluding tert-OH is 1. The Kier molecular flexibility index (Phi) is 4.32. The predicted octanol–water partition coefficient (Wildman–Crippen LogP) is 1.58. The summed E-state index contributed by atoms with van der Waals surface area (Å²) in [5.74, 6) is 0. The normalized spacial score (nSPS) is 13.2. The molecule has 0 aromatic rings. The lowest BCUT2D eigenvalue weighted by molar-refractivity contribution is 0.225. The molecule has 0 bridgehead atoms. The highest BCUT2D eigenvalue weighted by Crippen LogP contribution is 2.00. The molecule has 0 radical (unpaired) electrons. The van der Waals surface area contributed by atoms with E-state index in [0.29, 0.717) is 5.71 Å². The second-order valence-electron chi connectivity index (χ2n) is 2.34. The molecule has 2 heteroatoms. The molecule has 0 saturated carbocycles. The van der Waals surface area contributed by atoms with Gasteiger partial charge < -0.3 is 10.5 Å². The monoisotopic (exact) mass is 129 g/mol. The third-order valence-electron chi connectivity index (χ3n) is 1.33. The largest absolute Gasteiger partial charge is 0.387 e. The van der Waals surface area contributed by atoms with Crippen LogP contribution < -0.4 is 0 Å². The molecule has 0 aliphatic carbocycles. The molecule has 2 nitrogen and oxygen atoms in total. The molecule has 1 unspecified atom stereocenters. The highest BCUT2D eigenvalue weighted by Gasteiger charge is 2.03. The summed E-state index contributed by atoms with van der Waals surface area (Å²) in [7, 11) is 0. The van der Waals surface area contributed by atoms with Crippen molar-refractivity contribution in [2.45, 2.75) is 39.2 Å². The van der Waals surface area contributed by atoms with Crippen molar-refractivity contribution in [1.29, 1.82) is 5.41 Å². The summed E-state index contributed by atoms with van der Waals surface area (Å²) in [5.41, 5.74) is 0.378. The Balaban J connectivity index is 3.27. The molecule has 54 valence electrons. The van der Waals surface area contributed by atoms with Crippen LogP contribution in [0.25, 0.3) is 0 Å². The molecule has 9 heavy (non-hydrogen) atoms. The van der Waals surface area contributed by atoms with E-state index in [0.717, 1.165) is 19.3 Å². The first-order valence-electron chi connectivity index (χ1n) is 3.41. The van der Waals surface area contributed by atoms with E-state index in [1.807, 2.05) is 0 Å². The van der Waals surface area contributed by atoms with Crippen molar-refractivity contribution in [2.75, 3.05) is 0 Å². The van der Waals surface area contributed by atoms with Crippen LogP contribution in [0.1, 0.15) is 33.1 Å². The van der Waals surface area contributed by atoms with Gasteiger partial charge in [0.2, 0.25) is 0 Å². The molecule has 0 amide bonds. The number of aliphatic hydroxyl groups is 1. The second-order valence-corrected chi connectivity index (χ2v) is 2.34. The summed E-state index contributed by atoms with van der Waals surface area (Å²) in [4.78, 5) is 0. The van der Waals surface area contributed by atoms with Crippen molar-refractivity contribution in [2.24, 2.45) is 0 Å². The molecule has 0 aliphatic rings. The molecule has 0 aromatic heterocycles. The maximum Gasteiger partial charge on any atom is 0.0911 e. The van der Waals surface area contributed by atoms with Gasteiger partial charge in [0.1, 0.15) is 0 Å². The van der Waals surface area contributed by atoms with E-state index in [4.69, 9.17) is 10.5 Å². The zero-order valence-electron chi connectivity index (χ0n) is 6.15. The highest BCUT2D eigenvalue weighted by atomic mass is 16.3. The molecule has 0 fully saturated rings. The van der Waals surface area contributed by atoms with E-state index in [1.165, 1.54) is 0 Å². The average Bonchev–Trinajstić information content (AvgIpc) is 1.82. The standard InChI is InChI=1S/C7H15NO/c1-3-4-5-7(9)6(2)8/h7-9H,3-5H2,1-2H3. The molecule has 1 atom stereocenters.